The highest BCUT2D eigenvalue weighted by atomic mass is 32.1. The molecule has 2 aliphatic carbocycles. The van der Waals surface area contributed by atoms with Gasteiger partial charge in [-0.15, -0.1) is 11.3 Å². The van der Waals surface area contributed by atoms with Crippen molar-refractivity contribution in [3.63, 3.8) is 0 Å². The third-order valence-corrected chi connectivity index (χ3v) is 5.46. The van der Waals surface area contributed by atoms with Gasteiger partial charge in [-0.2, -0.15) is 0 Å². The lowest BCUT2D eigenvalue weighted by Crippen LogP contribution is -2.39. The third kappa shape index (κ3) is 2.16. The molecule has 3 rings (SSSR count). The SMILES string of the molecule is Cc1ccsc1CNC(=O)[C@@H]1[C@H](C(=O)O)[C@H]2C=C[C@H]1C2. The fraction of sp³-hybridized carbons (Fsp3) is 0.467. The summed E-state index contributed by atoms with van der Waals surface area (Å²) in [5, 5.41) is 14.2. The maximum Gasteiger partial charge on any atom is 0.307 e. The highest BCUT2D eigenvalue weighted by molar-refractivity contribution is 7.10. The summed E-state index contributed by atoms with van der Waals surface area (Å²) in [6.45, 7) is 2.50. The lowest BCUT2D eigenvalue weighted by Gasteiger charge is -2.23. The number of carboxylic acids is 1. The van der Waals surface area contributed by atoms with Crippen molar-refractivity contribution in [2.75, 3.05) is 0 Å². The smallest absolute Gasteiger partial charge is 0.307 e. The Morgan fingerprint density at radius 1 is 1.35 bits per heavy atom. The van der Waals surface area contributed by atoms with E-state index in [4.69, 9.17) is 0 Å². The lowest BCUT2D eigenvalue weighted by atomic mass is 9.82. The van der Waals surface area contributed by atoms with Crippen molar-refractivity contribution >= 4 is 23.2 Å². The van der Waals surface area contributed by atoms with E-state index in [0.29, 0.717) is 6.54 Å². The molecular formula is C15H17NO3S. The summed E-state index contributed by atoms with van der Waals surface area (Å²) in [6.07, 6.45) is 4.76. The van der Waals surface area contributed by atoms with Gasteiger partial charge in [-0.1, -0.05) is 12.2 Å². The molecule has 4 nitrogen and oxygen atoms in total. The Bertz CT molecular complexity index is 577. The van der Waals surface area contributed by atoms with E-state index in [2.05, 4.69) is 5.32 Å². The third-order valence-electron chi connectivity index (χ3n) is 4.44. The average molecular weight is 291 g/mol. The Hall–Kier alpha value is -1.62. The average Bonchev–Trinajstić information content (AvgIpc) is 3.10. The summed E-state index contributed by atoms with van der Waals surface area (Å²) < 4.78 is 0. The van der Waals surface area contributed by atoms with Crippen LogP contribution in [0.4, 0.5) is 0 Å². The van der Waals surface area contributed by atoms with Crippen LogP contribution in [0.1, 0.15) is 16.9 Å². The number of carbonyl (C=O) groups is 2. The fourth-order valence-corrected chi connectivity index (χ4v) is 4.23. The largest absolute Gasteiger partial charge is 0.481 e. The summed E-state index contributed by atoms with van der Waals surface area (Å²) in [5.41, 5.74) is 1.16. The Labute approximate surface area is 121 Å². The summed E-state index contributed by atoms with van der Waals surface area (Å²) in [7, 11) is 0. The monoisotopic (exact) mass is 291 g/mol. The maximum absolute atomic E-state index is 12.4. The van der Waals surface area contributed by atoms with Crippen molar-refractivity contribution < 1.29 is 14.7 Å². The van der Waals surface area contributed by atoms with Crippen LogP contribution in [-0.2, 0) is 16.1 Å². The molecule has 0 aliphatic heterocycles. The summed E-state index contributed by atoms with van der Waals surface area (Å²) >= 11 is 1.61. The molecule has 1 aromatic rings. The van der Waals surface area contributed by atoms with E-state index in [1.54, 1.807) is 11.3 Å². The Morgan fingerprint density at radius 2 is 2.05 bits per heavy atom. The fourth-order valence-electron chi connectivity index (χ4n) is 3.39. The predicted octanol–water partition coefficient (Wildman–Crippen LogP) is 2.20. The number of aryl methyl sites for hydroxylation is 1. The topological polar surface area (TPSA) is 66.4 Å². The quantitative estimate of drug-likeness (QED) is 0.836. The molecule has 4 atom stereocenters. The minimum absolute atomic E-state index is 0.0247. The van der Waals surface area contributed by atoms with E-state index in [-0.39, 0.29) is 17.7 Å². The van der Waals surface area contributed by atoms with Crippen molar-refractivity contribution in [3.8, 4) is 0 Å². The minimum Gasteiger partial charge on any atom is -0.481 e. The molecule has 106 valence electrons. The first kappa shape index (κ1) is 13.4. The normalized spacial score (nSPS) is 30.6. The van der Waals surface area contributed by atoms with Gasteiger partial charge in [-0.25, -0.2) is 0 Å². The summed E-state index contributed by atoms with van der Waals surface area (Å²) in [6, 6.07) is 2.02. The van der Waals surface area contributed by atoms with Gasteiger partial charge in [0.05, 0.1) is 18.4 Å². The molecule has 2 N–H and O–H groups in total. The molecule has 0 radical (unpaired) electrons. The number of allylic oxidation sites excluding steroid dienone is 2. The number of rotatable bonds is 4. The number of thiophene rings is 1. The van der Waals surface area contributed by atoms with Crippen LogP contribution in [0.5, 0.6) is 0 Å². The minimum atomic E-state index is -0.852. The molecule has 2 aliphatic rings. The lowest BCUT2D eigenvalue weighted by molar-refractivity contribution is -0.147. The number of fused-ring (bicyclic) bond motifs is 2. The number of nitrogens with one attached hydrogen (secondary N) is 1. The van der Waals surface area contributed by atoms with Gasteiger partial charge < -0.3 is 10.4 Å². The van der Waals surface area contributed by atoms with Crippen LogP contribution in [0, 0.1) is 30.6 Å². The van der Waals surface area contributed by atoms with Gasteiger partial charge in [-0.05, 0) is 42.2 Å². The second kappa shape index (κ2) is 5.05. The van der Waals surface area contributed by atoms with Gasteiger partial charge >= 0.3 is 5.97 Å². The van der Waals surface area contributed by atoms with Crippen LogP contribution in [0.3, 0.4) is 0 Å². The van der Waals surface area contributed by atoms with Gasteiger partial charge in [0.15, 0.2) is 0 Å². The molecule has 1 aromatic heterocycles. The molecule has 5 heteroatoms. The van der Waals surface area contributed by atoms with Crippen LogP contribution < -0.4 is 5.32 Å². The zero-order valence-corrected chi connectivity index (χ0v) is 12.0. The molecule has 0 saturated heterocycles. The number of hydrogen-bond acceptors (Lipinski definition) is 3. The van der Waals surface area contributed by atoms with Crippen molar-refractivity contribution in [1.29, 1.82) is 0 Å². The second-order valence-corrected chi connectivity index (χ2v) is 6.58. The summed E-state index contributed by atoms with van der Waals surface area (Å²) in [5.74, 6) is -1.84. The van der Waals surface area contributed by atoms with E-state index < -0.39 is 17.8 Å². The van der Waals surface area contributed by atoms with Crippen LogP contribution in [-0.4, -0.2) is 17.0 Å². The standard InChI is InChI=1S/C15H17NO3S/c1-8-4-5-20-11(8)7-16-14(17)12-9-2-3-10(6-9)13(12)15(18)19/h2-5,9-10,12-13H,6-7H2,1H3,(H,16,17)(H,18,19)/t9-,10-,12-,13+/m0/s1. The molecule has 1 amide bonds. The van der Waals surface area contributed by atoms with Gasteiger partial charge in [0, 0.05) is 4.88 Å². The molecule has 1 heterocycles. The Kier molecular flexibility index (Phi) is 3.38. The van der Waals surface area contributed by atoms with Crippen LogP contribution in [0.25, 0.3) is 0 Å². The highest BCUT2D eigenvalue weighted by Gasteiger charge is 2.51. The van der Waals surface area contributed by atoms with E-state index in [9.17, 15) is 14.7 Å². The van der Waals surface area contributed by atoms with Crippen molar-refractivity contribution in [1.82, 2.24) is 5.32 Å². The first-order valence-electron chi connectivity index (χ1n) is 6.79. The van der Waals surface area contributed by atoms with E-state index in [0.717, 1.165) is 16.9 Å². The van der Waals surface area contributed by atoms with Crippen LogP contribution in [0.2, 0.25) is 0 Å². The number of carboxylic acid groups (broad SMARTS) is 1. The van der Waals surface area contributed by atoms with E-state index in [1.807, 2.05) is 30.5 Å². The van der Waals surface area contributed by atoms with Gasteiger partial charge in [-0.3, -0.25) is 9.59 Å². The van der Waals surface area contributed by atoms with Crippen LogP contribution in [0.15, 0.2) is 23.6 Å². The zero-order valence-electron chi connectivity index (χ0n) is 11.2. The molecule has 1 fully saturated rings. The van der Waals surface area contributed by atoms with E-state index in [1.165, 1.54) is 0 Å². The summed E-state index contributed by atoms with van der Waals surface area (Å²) in [4.78, 5) is 24.9. The van der Waals surface area contributed by atoms with Crippen molar-refractivity contribution in [2.24, 2.45) is 23.7 Å². The first-order valence-corrected chi connectivity index (χ1v) is 7.67. The second-order valence-electron chi connectivity index (χ2n) is 5.58. The van der Waals surface area contributed by atoms with Gasteiger partial charge in [0.25, 0.3) is 0 Å². The van der Waals surface area contributed by atoms with Gasteiger partial charge in [0.2, 0.25) is 5.91 Å². The molecule has 0 aromatic carbocycles. The molecular weight excluding hydrogens is 274 g/mol. The molecule has 0 spiro atoms. The number of carbonyl (C=O) groups excluding carboxylic acids is 1. The zero-order chi connectivity index (χ0) is 14.3. The molecule has 20 heavy (non-hydrogen) atoms. The van der Waals surface area contributed by atoms with Gasteiger partial charge in [0.1, 0.15) is 0 Å². The molecule has 2 bridgehead atoms. The Morgan fingerprint density at radius 3 is 2.65 bits per heavy atom. The number of hydrogen-bond donors (Lipinski definition) is 2. The molecule has 1 saturated carbocycles. The van der Waals surface area contributed by atoms with Crippen molar-refractivity contribution in [3.05, 3.63) is 34.0 Å². The molecule has 0 unspecified atom stereocenters. The van der Waals surface area contributed by atoms with Crippen LogP contribution >= 0.6 is 11.3 Å². The number of amides is 1. The highest BCUT2D eigenvalue weighted by Crippen LogP contribution is 2.48. The van der Waals surface area contributed by atoms with E-state index >= 15 is 0 Å². The first-order chi connectivity index (χ1) is 9.58. The van der Waals surface area contributed by atoms with Crippen molar-refractivity contribution in [2.45, 2.75) is 19.9 Å². The maximum atomic E-state index is 12.4. The Balaban J connectivity index is 1.69. The predicted molar refractivity (Wildman–Crippen MR) is 76.3 cm³/mol. The number of aliphatic carboxylic acids is 1.